The Labute approximate surface area is 162 Å². The molecule has 2 N–H and O–H groups in total. The molecule has 0 saturated heterocycles. The van der Waals surface area contributed by atoms with Crippen molar-refractivity contribution in [1.29, 1.82) is 0 Å². The van der Waals surface area contributed by atoms with Crippen molar-refractivity contribution in [3.05, 3.63) is 102 Å². The molecule has 1 heterocycles. The van der Waals surface area contributed by atoms with Crippen molar-refractivity contribution in [3.8, 4) is 22.4 Å². The molecule has 0 spiro atoms. The van der Waals surface area contributed by atoms with Crippen LogP contribution in [0.1, 0.15) is 16.1 Å². The largest absolute Gasteiger partial charge is 0.289 e. The lowest BCUT2D eigenvalue weighted by Crippen LogP contribution is -2.17. The maximum atomic E-state index is 12.2. The minimum absolute atomic E-state index is 0.341. The van der Waals surface area contributed by atoms with Crippen molar-refractivity contribution in [2.75, 3.05) is 0 Å². The summed E-state index contributed by atoms with van der Waals surface area (Å²) in [6, 6.07) is 29.5. The number of aromatic nitrogens is 2. The third-order valence-corrected chi connectivity index (χ3v) is 4.29. The Hall–Kier alpha value is -3.99. The summed E-state index contributed by atoms with van der Waals surface area (Å²) in [5.74, 6) is -0.341. The molecule has 5 heteroatoms. The first-order chi connectivity index (χ1) is 13.8. The van der Waals surface area contributed by atoms with Gasteiger partial charge in [-0.2, -0.15) is 10.2 Å². The van der Waals surface area contributed by atoms with E-state index >= 15 is 0 Å². The molecule has 4 rings (SSSR count). The Balaban J connectivity index is 1.38. The molecule has 0 aliphatic rings. The number of carbonyl (C=O) groups excluding carboxylic acids is 1. The molecule has 0 bridgehead atoms. The van der Waals surface area contributed by atoms with Crippen molar-refractivity contribution in [1.82, 2.24) is 15.6 Å². The second-order valence-corrected chi connectivity index (χ2v) is 6.22. The number of hydrogen-bond acceptors (Lipinski definition) is 3. The van der Waals surface area contributed by atoms with Gasteiger partial charge in [0.2, 0.25) is 0 Å². The normalized spacial score (nSPS) is 10.9. The molecule has 0 saturated carbocycles. The third kappa shape index (κ3) is 4.04. The fourth-order valence-electron chi connectivity index (χ4n) is 2.81. The quantitative estimate of drug-likeness (QED) is 0.403. The number of aromatic amines is 1. The Morgan fingerprint density at radius 1 is 0.821 bits per heavy atom. The molecule has 1 amide bonds. The highest BCUT2D eigenvalue weighted by Gasteiger charge is 2.10. The molecule has 136 valence electrons. The van der Waals surface area contributed by atoms with Crippen LogP contribution in [0.25, 0.3) is 22.4 Å². The lowest BCUT2D eigenvalue weighted by Gasteiger charge is -2.01. The zero-order chi connectivity index (χ0) is 19.2. The number of rotatable bonds is 5. The Bertz CT molecular complexity index is 1080. The third-order valence-electron chi connectivity index (χ3n) is 4.29. The first-order valence-electron chi connectivity index (χ1n) is 8.89. The molecule has 0 atom stereocenters. The molecule has 0 fully saturated rings. The van der Waals surface area contributed by atoms with E-state index in [4.69, 9.17) is 0 Å². The SMILES string of the molecule is O=C(N/N=C/c1ccc(-c2ccccc2)cc1)c1cc(-c2ccccc2)n[nH]1. The standard InChI is InChI=1S/C23H18N4O/c28-23(22-15-21(25-26-22)20-9-5-2-6-10-20)27-24-16-17-11-13-19(14-12-17)18-7-3-1-4-8-18/h1-16H,(H,25,26)(H,27,28)/b24-16+. The van der Waals surface area contributed by atoms with Gasteiger partial charge in [-0.25, -0.2) is 5.43 Å². The summed E-state index contributed by atoms with van der Waals surface area (Å²) in [7, 11) is 0. The van der Waals surface area contributed by atoms with Crippen LogP contribution in [0.3, 0.4) is 0 Å². The van der Waals surface area contributed by atoms with E-state index in [2.05, 4.69) is 32.9 Å². The summed E-state index contributed by atoms with van der Waals surface area (Å²) in [5.41, 5.74) is 7.72. The number of benzene rings is 3. The first kappa shape index (κ1) is 17.4. The molecule has 4 aromatic rings. The van der Waals surface area contributed by atoms with Gasteiger partial charge in [0, 0.05) is 5.56 Å². The molecule has 0 aliphatic heterocycles. The summed E-state index contributed by atoms with van der Waals surface area (Å²) in [4.78, 5) is 12.2. The van der Waals surface area contributed by atoms with Gasteiger partial charge in [-0.05, 0) is 22.8 Å². The van der Waals surface area contributed by atoms with E-state index < -0.39 is 0 Å². The van der Waals surface area contributed by atoms with Crippen molar-refractivity contribution < 1.29 is 4.79 Å². The van der Waals surface area contributed by atoms with Crippen LogP contribution in [0.5, 0.6) is 0 Å². The maximum Gasteiger partial charge on any atom is 0.289 e. The number of hydrazone groups is 1. The minimum atomic E-state index is -0.341. The predicted octanol–water partition coefficient (Wildman–Crippen LogP) is 4.51. The van der Waals surface area contributed by atoms with Crippen molar-refractivity contribution in [2.24, 2.45) is 5.10 Å². The van der Waals surface area contributed by atoms with E-state index in [0.29, 0.717) is 11.4 Å². The molecule has 0 unspecified atom stereocenters. The van der Waals surface area contributed by atoms with Crippen LogP contribution in [0.4, 0.5) is 0 Å². The van der Waals surface area contributed by atoms with Crippen LogP contribution in [-0.2, 0) is 0 Å². The summed E-state index contributed by atoms with van der Waals surface area (Å²) >= 11 is 0. The highest BCUT2D eigenvalue weighted by atomic mass is 16.2. The maximum absolute atomic E-state index is 12.2. The smallest absolute Gasteiger partial charge is 0.272 e. The van der Waals surface area contributed by atoms with Crippen molar-refractivity contribution in [3.63, 3.8) is 0 Å². The minimum Gasteiger partial charge on any atom is -0.272 e. The van der Waals surface area contributed by atoms with E-state index in [1.807, 2.05) is 72.8 Å². The van der Waals surface area contributed by atoms with Gasteiger partial charge in [-0.1, -0.05) is 84.9 Å². The van der Waals surface area contributed by atoms with Gasteiger partial charge in [0.25, 0.3) is 5.91 Å². The molecule has 3 aromatic carbocycles. The lowest BCUT2D eigenvalue weighted by atomic mass is 10.0. The van der Waals surface area contributed by atoms with Gasteiger partial charge >= 0.3 is 0 Å². The van der Waals surface area contributed by atoms with Crippen LogP contribution in [0.15, 0.2) is 96.1 Å². The van der Waals surface area contributed by atoms with E-state index in [-0.39, 0.29) is 5.91 Å². The average molecular weight is 366 g/mol. The van der Waals surface area contributed by atoms with Crippen molar-refractivity contribution in [2.45, 2.75) is 0 Å². The van der Waals surface area contributed by atoms with E-state index in [1.165, 1.54) is 0 Å². The number of nitrogens with one attached hydrogen (secondary N) is 2. The van der Waals surface area contributed by atoms with Gasteiger partial charge in [0.05, 0.1) is 11.9 Å². The van der Waals surface area contributed by atoms with Gasteiger partial charge in [0.1, 0.15) is 5.69 Å². The Morgan fingerprint density at radius 3 is 2.11 bits per heavy atom. The number of hydrogen-bond donors (Lipinski definition) is 2. The summed E-state index contributed by atoms with van der Waals surface area (Å²) < 4.78 is 0. The molecular weight excluding hydrogens is 348 g/mol. The zero-order valence-electron chi connectivity index (χ0n) is 15.0. The fourth-order valence-corrected chi connectivity index (χ4v) is 2.81. The molecular formula is C23H18N4O. The topological polar surface area (TPSA) is 70.1 Å². The van der Waals surface area contributed by atoms with Crippen LogP contribution >= 0.6 is 0 Å². The number of amides is 1. The van der Waals surface area contributed by atoms with E-state index in [1.54, 1.807) is 12.3 Å². The number of carbonyl (C=O) groups is 1. The second-order valence-electron chi connectivity index (χ2n) is 6.22. The monoisotopic (exact) mass is 366 g/mol. The Morgan fingerprint density at radius 2 is 1.43 bits per heavy atom. The average Bonchev–Trinajstić information content (AvgIpc) is 3.26. The first-order valence-corrected chi connectivity index (χ1v) is 8.89. The fraction of sp³-hybridized carbons (Fsp3) is 0. The lowest BCUT2D eigenvalue weighted by molar-refractivity contribution is 0.0950. The Kier molecular flexibility index (Phi) is 5.06. The van der Waals surface area contributed by atoms with Gasteiger partial charge < -0.3 is 0 Å². The van der Waals surface area contributed by atoms with E-state index in [9.17, 15) is 4.79 Å². The van der Waals surface area contributed by atoms with Gasteiger partial charge in [-0.3, -0.25) is 9.89 Å². The van der Waals surface area contributed by atoms with E-state index in [0.717, 1.165) is 22.3 Å². The molecule has 0 aliphatic carbocycles. The van der Waals surface area contributed by atoms with Crippen LogP contribution < -0.4 is 5.43 Å². The number of H-pyrrole nitrogens is 1. The van der Waals surface area contributed by atoms with Crippen LogP contribution in [0, 0.1) is 0 Å². The molecule has 5 nitrogen and oxygen atoms in total. The van der Waals surface area contributed by atoms with Crippen molar-refractivity contribution >= 4 is 12.1 Å². The molecule has 0 radical (unpaired) electrons. The molecule has 1 aromatic heterocycles. The van der Waals surface area contributed by atoms with Crippen LogP contribution in [-0.4, -0.2) is 22.3 Å². The highest BCUT2D eigenvalue weighted by Crippen LogP contribution is 2.19. The van der Waals surface area contributed by atoms with Crippen LogP contribution in [0.2, 0.25) is 0 Å². The second kappa shape index (κ2) is 8.14. The van der Waals surface area contributed by atoms with Gasteiger partial charge in [-0.15, -0.1) is 0 Å². The summed E-state index contributed by atoms with van der Waals surface area (Å²) in [5, 5.41) is 10.9. The zero-order valence-corrected chi connectivity index (χ0v) is 15.0. The summed E-state index contributed by atoms with van der Waals surface area (Å²) in [6.07, 6.45) is 1.61. The van der Waals surface area contributed by atoms with Gasteiger partial charge in [0.15, 0.2) is 0 Å². The predicted molar refractivity (Wildman–Crippen MR) is 111 cm³/mol. The number of nitrogens with zero attached hydrogens (tertiary/aromatic N) is 2. The highest BCUT2D eigenvalue weighted by molar-refractivity contribution is 5.94. The molecule has 28 heavy (non-hydrogen) atoms. The summed E-state index contributed by atoms with van der Waals surface area (Å²) in [6.45, 7) is 0.